The van der Waals surface area contributed by atoms with E-state index in [9.17, 15) is 4.79 Å². The Morgan fingerprint density at radius 1 is 1.50 bits per heavy atom. The standard InChI is InChI=1S/C10H18BrNO2/c11-6-2-1-5-10(14)12-7-3-4-9(12)8-13/h9,13H,1-8H2/t9-/m0/s1. The number of aliphatic hydroxyl groups excluding tert-OH is 1. The van der Waals surface area contributed by atoms with Crippen LogP contribution in [0.25, 0.3) is 0 Å². The predicted molar refractivity (Wildman–Crippen MR) is 59.5 cm³/mol. The Hall–Kier alpha value is -0.0900. The molecular formula is C10H18BrNO2. The Kier molecular flexibility index (Phi) is 5.48. The number of hydrogen-bond donors (Lipinski definition) is 1. The molecule has 14 heavy (non-hydrogen) atoms. The second-order valence-electron chi connectivity index (χ2n) is 3.71. The van der Waals surface area contributed by atoms with Crippen LogP contribution in [-0.4, -0.2) is 40.4 Å². The maximum atomic E-state index is 11.7. The molecule has 0 saturated carbocycles. The van der Waals surface area contributed by atoms with Gasteiger partial charge in [-0.25, -0.2) is 0 Å². The van der Waals surface area contributed by atoms with Gasteiger partial charge in [-0.05, 0) is 25.7 Å². The minimum atomic E-state index is 0.0893. The third kappa shape index (κ3) is 3.24. The minimum Gasteiger partial charge on any atom is -0.394 e. The van der Waals surface area contributed by atoms with Gasteiger partial charge in [0.2, 0.25) is 5.91 Å². The number of aliphatic hydroxyl groups is 1. The molecule has 0 aromatic heterocycles. The summed E-state index contributed by atoms with van der Waals surface area (Å²) < 4.78 is 0. The highest BCUT2D eigenvalue weighted by Gasteiger charge is 2.27. The van der Waals surface area contributed by atoms with Gasteiger partial charge < -0.3 is 10.0 Å². The molecule has 1 rings (SSSR count). The normalized spacial score (nSPS) is 21.6. The predicted octanol–water partition coefficient (Wildman–Crippen LogP) is 1.53. The van der Waals surface area contributed by atoms with Crippen LogP contribution in [0.5, 0.6) is 0 Å². The van der Waals surface area contributed by atoms with Gasteiger partial charge in [0, 0.05) is 18.3 Å². The quantitative estimate of drug-likeness (QED) is 0.604. The van der Waals surface area contributed by atoms with E-state index in [1.54, 1.807) is 0 Å². The first kappa shape index (κ1) is 12.0. The largest absolute Gasteiger partial charge is 0.394 e. The van der Waals surface area contributed by atoms with Crippen LogP contribution >= 0.6 is 15.9 Å². The lowest BCUT2D eigenvalue weighted by molar-refractivity contribution is -0.132. The summed E-state index contributed by atoms with van der Waals surface area (Å²) >= 11 is 3.34. The molecule has 1 saturated heterocycles. The maximum Gasteiger partial charge on any atom is 0.222 e. The number of nitrogens with zero attached hydrogens (tertiary/aromatic N) is 1. The lowest BCUT2D eigenvalue weighted by Gasteiger charge is -2.22. The molecule has 3 nitrogen and oxygen atoms in total. The van der Waals surface area contributed by atoms with Crippen molar-refractivity contribution in [2.75, 3.05) is 18.5 Å². The van der Waals surface area contributed by atoms with Gasteiger partial charge in [-0.15, -0.1) is 0 Å². The van der Waals surface area contributed by atoms with Crippen molar-refractivity contribution in [2.45, 2.75) is 38.1 Å². The summed E-state index contributed by atoms with van der Waals surface area (Å²) in [5.41, 5.74) is 0. The van der Waals surface area contributed by atoms with Gasteiger partial charge >= 0.3 is 0 Å². The summed E-state index contributed by atoms with van der Waals surface area (Å²) in [4.78, 5) is 13.5. The highest BCUT2D eigenvalue weighted by molar-refractivity contribution is 9.09. The maximum absolute atomic E-state index is 11.7. The second-order valence-corrected chi connectivity index (χ2v) is 4.50. The number of rotatable bonds is 5. The molecule has 82 valence electrons. The van der Waals surface area contributed by atoms with E-state index in [1.807, 2.05) is 4.90 Å². The van der Waals surface area contributed by atoms with Crippen molar-refractivity contribution in [2.24, 2.45) is 0 Å². The molecule has 0 aromatic rings. The first-order valence-corrected chi connectivity index (χ1v) is 6.38. The lowest BCUT2D eigenvalue weighted by atomic mass is 10.2. The fourth-order valence-corrected chi connectivity index (χ4v) is 2.26. The van der Waals surface area contributed by atoms with Crippen molar-refractivity contribution >= 4 is 21.8 Å². The Morgan fingerprint density at radius 2 is 2.29 bits per heavy atom. The van der Waals surface area contributed by atoms with Gasteiger partial charge in [0.15, 0.2) is 0 Å². The molecule has 1 aliphatic rings. The van der Waals surface area contributed by atoms with Crippen molar-refractivity contribution in [3.8, 4) is 0 Å². The van der Waals surface area contributed by atoms with Crippen molar-refractivity contribution < 1.29 is 9.90 Å². The van der Waals surface area contributed by atoms with Gasteiger partial charge in [-0.3, -0.25) is 4.79 Å². The summed E-state index contributed by atoms with van der Waals surface area (Å²) in [5, 5.41) is 10.0. The van der Waals surface area contributed by atoms with E-state index in [1.165, 1.54) is 0 Å². The molecule has 1 heterocycles. The van der Waals surface area contributed by atoms with Crippen LogP contribution in [0, 0.1) is 0 Å². The highest BCUT2D eigenvalue weighted by Crippen LogP contribution is 2.18. The van der Waals surface area contributed by atoms with Gasteiger partial charge in [-0.2, -0.15) is 0 Å². The Morgan fingerprint density at radius 3 is 2.93 bits per heavy atom. The number of halogens is 1. The molecule has 0 aliphatic carbocycles. The summed E-state index contributed by atoms with van der Waals surface area (Å²) in [6.45, 7) is 0.947. The van der Waals surface area contributed by atoms with E-state index in [2.05, 4.69) is 15.9 Å². The molecule has 0 aromatic carbocycles. The van der Waals surface area contributed by atoms with E-state index in [0.717, 1.165) is 37.6 Å². The van der Waals surface area contributed by atoms with E-state index in [4.69, 9.17) is 5.11 Å². The average Bonchev–Trinajstić information content (AvgIpc) is 2.65. The van der Waals surface area contributed by atoms with Crippen molar-refractivity contribution in [1.29, 1.82) is 0 Å². The zero-order chi connectivity index (χ0) is 10.4. The number of likely N-dealkylation sites (tertiary alicyclic amines) is 1. The van der Waals surface area contributed by atoms with Crippen molar-refractivity contribution in [3.05, 3.63) is 0 Å². The Labute approximate surface area is 93.6 Å². The first-order valence-electron chi connectivity index (χ1n) is 5.26. The molecule has 0 bridgehead atoms. The van der Waals surface area contributed by atoms with Gasteiger partial charge in [0.25, 0.3) is 0 Å². The van der Waals surface area contributed by atoms with E-state index < -0.39 is 0 Å². The first-order chi connectivity index (χ1) is 6.79. The van der Waals surface area contributed by atoms with Gasteiger partial charge in [0.05, 0.1) is 12.6 Å². The molecule has 1 N–H and O–H groups in total. The summed E-state index contributed by atoms with van der Waals surface area (Å²) in [7, 11) is 0. The monoisotopic (exact) mass is 263 g/mol. The summed E-state index contributed by atoms with van der Waals surface area (Å²) in [5.74, 6) is 0.211. The molecule has 0 spiro atoms. The third-order valence-corrected chi connectivity index (χ3v) is 3.24. The van der Waals surface area contributed by atoms with E-state index >= 15 is 0 Å². The molecule has 1 fully saturated rings. The SMILES string of the molecule is O=C(CCCCBr)N1CCC[C@H]1CO. The van der Waals surface area contributed by atoms with Crippen LogP contribution in [0.1, 0.15) is 32.1 Å². The second kappa shape index (κ2) is 6.40. The van der Waals surface area contributed by atoms with Crippen LogP contribution in [0.4, 0.5) is 0 Å². The van der Waals surface area contributed by atoms with Gasteiger partial charge in [0.1, 0.15) is 0 Å². The Bertz CT molecular complexity index is 187. The summed E-state index contributed by atoms with van der Waals surface area (Å²) in [6.07, 6.45) is 4.61. The van der Waals surface area contributed by atoms with Crippen LogP contribution in [0.2, 0.25) is 0 Å². The number of hydrogen-bond acceptors (Lipinski definition) is 2. The fraction of sp³-hybridized carbons (Fsp3) is 0.900. The Balaban J connectivity index is 2.28. The molecule has 0 unspecified atom stereocenters. The molecule has 1 atom stereocenters. The number of alkyl halides is 1. The number of unbranched alkanes of at least 4 members (excludes halogenated alkanes) is 1. The zero-order valence-electron chi connectivity index (χ0n) is 8.41. The number of amides is 1. The third-order valence-electron chi connectivity index (χ3n) is 2.68. The smallest absolute Gasteiger partial charge is 0.222 e. The highest BCUT2D eigenvalue weighted by atomic mass is 79.9. The minimum absolute atomic E-state index is 0.0893. The van der Waals surface area contributed by atoms with Crippen LogP contribution in [-0.2, 0) is 4.79 Å². The van der Waals surface area contributed by atoms with Crippen molar-refractivity contribution in [1.82, 2.24) is 4.90 Å². The number of carbonyl (C=O) groups is 1. The van der Waals surface area contributed by atoms with E-state index in [0.29, 0.717) is 6.42 Å². The molecule has 0 radical (unpaired) electrons. The summed E-state index contributed by atoms with van der Waals surface area (Å²) in [6, 6.07) is 0.0893. The van der Waals surface area contributed by atoms with Gasteiger partial charge in [-0.1, -0.05) is 15.9 Å². The fourth-order valence-electron chi connectivity index (χ4n) is 1.87. The van der Waals surface area contributed by atoms with E-state index in [-0.39, 0.29) is 18.6 Å². The molecule has 4 heteroatoms. The number of carbonyl (C=O) groups excluding carboxylic acids is 1. The average molecular weight is 264 g/mol. The van der Waals surface area contributed by atoms with Crippen molar-refractivity contribution in [3.63, 3.8) is 0 Å². The molecule has 1 aliphatic heterocycles. The van der Waals surface area contributed by atoms with Crippen LogP contribution < -0.4 is 0 Å². The van der Waals surface area contributed by atoms with Crippen LogP contribution in [0.3, 0.4) is 0 Å². The molecular weight excluding hydrogens is 246 g/mol. The van der Waals surface area contributed by atoms with Crippen LogP contribution in [0.15, 0.2) is 0 Å². The zero-order valence-corrected chi connectivity index (χ0v) is 10.0. The lowest BCUT2D eigenvalue weighted by Crippen LogP contribution is -2.37. The topological polar surface area (TPSA) is 40.5 Å². The molecule has 1 amide bonds.